The maximum absolute atomic E-state index is 13.2. The van der Waals surface area contributed by atoms with Gasteiger partial charge in [0, 0.05) is 31.6 Å². The standard InChI is InChI=1S/C21H30FN5O3/c1-13-10-26(11-14(2)30-13)21(3,4)12-24-20(29)17-9-18(19(23)28)27(25-17)16-7-5-15(22)6-8-16/h5-8,13-14,18H,9-12H2,1-4H3,(H2,23,28)(H,24,29). The maximum atomic E-state index is 13.2. The Morgan fingerprint density at radius 3 is 2.40 bits per heavy atom. The Bertz CT molecular complexity index is 816. The van der Waals surface area contributed by atoms with Crippen molar-refractivity contribution in [1.82, 2.24) is 10.2 Å². The van der Waals surface area contributed by atoms with Gasteiger partial charge in [-0.25, -0.2) is 4.39 Å². The zero-order valence-electron chi connectivity index (χ0n) is 17.9. The van der Waals surface area contributed by atoms with Gasteiger partial charge < -0.3 is 15.8 Å². The SMILES string of the molecule is CC1CN(C(C)(C)CNC(=O)C2=NN(c3ccc(F)cc3)C(C(N)=O)C2)CC(C)O1. The maximum Gasteiger partial charge on any atom is 0.267 e. The van der Waals surface area contributed by atoms with Crippen LogP contribution in [0.25, 0.3) is 0 Å². The molecule has 0 aliphatic carbocycles. The molecule has 1 aromatic rings. The highest BCUT2D eigenvalue weighted by molar-refractivity contribution is 6.40. The molecule has 0 spiro atoms. The highest BCUT2D eigenvalue weighted by Crippen LogP contribution is 2.25. The van der Waals surface area contributed by atoms with E-state index in [-0.39, 0.29) is 35.8 Å². The fourth-order valence-corrected chi connectivity index (χ4v) is 3.88. The number of anilines is 1. The molecular weight excluding hydrogens is 389 g/mol. The monoisotopic (exact) mass is 419 g/mol. The second-order valence-electron chi connectivity index (χ2n) is 8.65. The lowest BCUT2D eigenvalue weighted by atomic mass is 9.99. The number of carbonyl (C=O) groups is 2. The van der Waals surface area contributed by atoms with Crippen molar-refractivity contribution in [3.05, 3.63) is 30.1 Å². The Balaban J connectivity index is 1.67. The first-order valence-electron chi connectivity index (χ1n) is 10.2. The van der Waals surface area contributed by atoms with E-state index in [2.05, 4.69) is 29.2 Å². The van der Waals surface area contributed by atoms with Crippen LogP contribution in [0.1, 0.15) is 34.1 Å². The van der Waals surface area contributed by atoms with Crippen LogP contribution in [0.15, 0.2) is 29.4 Å². The van der Waals surface area contributed by atoms with Crippen LogP contribution >= 0.6 is 0 Å². The number of hydrogen-bond acceptors (Lipinski definition) is 6. The van der Waals surface area contributed by atoms with Crippen molar-refractivity contribution in [3.63, 3.8) is 0 Å². The van der Waals surface area contributed by atoms with Crippen molar-refractivity contribution in [1.29, 1.82) is 0 Å². The van der Waals surface area contributed by atoms with Gasteiger partial charge in [-0.15, -0.1) is 0 Å². The van der Waals surface area contributed by atoms with Crippen molar-refractivity contribution in [2.45, 2.75) is 57.9 Å². The Hall–Kier alpha value is -2.52. The molecule has 1 saturated heterocycles. The number of carbonyl (C=O) groups excluding carboxylic acids is 2. The molecule has 164 valence electrons. The molecule has 0 bridgehead atoms. The molecule has 3 atom stereocenters. The van der Waals surface area contributed by atoms with Crippen molar-refractivity contribution >= 4 is 23.2 Å². The van der Waals surface area contributed by atoms with Crippen molar-refractivity contribution in [2.75, 3.05) is 24.6 Å². The number of amides is 2. The first-order chi connectivity index (χ1) is 14.1. The highest BCUT2D eigenvalue weighted by atomic mass is 19.1. The van der Waals surface area contributed by atoms with Crippen molar-refractivity contribution in [2.24, 2.45) is 10.8 Å². The van der Waals surface area contributed by atoms with Gasteiger partial charge in [0.25, 0.3) is 5.91 Å². The van der Waals surface area contributed by atoms with Gasteiger partial charge in [-0.1, -0.05) is 0 Å². The molecule has 1 aromatic carbocycles. The molecule has 2 aliphatic rings. The van der Waals surface area contributed by atoms with Crippen molar-refractivity contribution < 1.29 is 18.7 Å². The van der Waals surface area contributed by atoms with Gasteiger partial charge in [-0.05, 0) is 52.0 Å². The minimum absolute atomic E-state index is 0.102. The first-order valence-corrected chi connectivity index (χ1v) is 10.2. The summed E-state index contributed by atoms with van der Waals surface area (Å²) in [6.07, 6.45) is 0.358. The van der Waals surface area contributed by atoms with Crippen LogP contribution in [-0.2, 0) is 14.3 Å². The molecule has 0 saturated carbocycles. The molecule has 2 amide bonds. The number of nitrogens with one attached hydrogen (secondary N) is 1. The second-order valence-corrected chi connectivity index (χ2v) is 8.65. The third kappa shape index (κ3) is 4.96. The summed E-state index contributed by atoms with van der Waals surface area (Å²) >= 11 is 0. The smallest absolute Gasteiger partial charge is 0.267 e. The van der Waals surface area contributed by atoms with E-state index in [1.807, 2.05) is 13.8 Å². The lowest BCUT2D eigenvalue weighted by Crippen LogP contribution is -2.59. The Morgan fingerprint density at radius 2 is 1.83 bits per heavy atom. The van der Waals surface area contributed by atoms with Gasteiger partial charge in [0.05, 0.1) is 17.9 Å². The molecular formula is C21H30FN5O3. The molecule has 2 heterocycles. The van der Waals surface area contributed by atoms with E-state index < -0.39 is 17.8 Å². The third-order valence-electron chi connectivity index (χ3n) is 5.55. The fourth-order valence-electron chi connectivity index (χ4n) is 3.88. The average Bonchev–Trinajstić information content (AvgIpc) is 3.12. The van der Waals surface area contributed by atoms with E-state index in [0.717, 1.165) is 13.1 Å². The zero-order valence-corrected chi connectivity index (χ0v) is 17.9. The van der Waals surface area contributed by atoms with Crippen LogP contribution in [-0.4, -0.2) is 65.8 Å². The zero-order chi connectivity index (χ0) is 22.1. The summed E-state index contributed by atoms with van der Waals surface area (Å²) in [5, 5.41) is 8.63. The van der Waals surface area contributed by atoms with Gasteiger partial charge in [0.1, 0.15) is 17.6 Å². The van der Waals surface area contributed by atoms with Gasteiger partial charge in [0.2, 0.25) is 5.91 Å². The van der Waals surface area contributed by atoms with E-state index >= 15 is 0 Å². The summed E-state index contributed by atoms with van der Waals surface area (Å²) in [5.41, 5.74) is 5.95. The summed E-state index contributed by atoms with van der Waals surface area (Å²) < 4.78 is 19.0. The fraction of sp³-hybridized carbons (Fsp3) is 0.571. The quantitative estimate of drug-likeness (QED) is 0.723. The number of morpholine rings is 1. The molecule has 30 heavy (non-hydrogen) atoms. The number of hydrogen-bond donors (Lipinski definition) is 2. The Kier molecular flexibility index (Phi) is 6.42. The van der Waals surface area contributed by atoms with Crippen LogP contribution in [0.5, 0.6) is 0 Å². The van der Waals surface area contributed by atoms with Gasteiger partial charge in [0.15, 0.2) is 0 Å². The van der Waals surface area contributed by atoms with Crippen LogP contribution < -0.4 is 16.1 Å². The number of primary amides is 1. The van der Waals surface area contributed by atoms with Crippen LogP contribution in [0.3, 0.4) is 0 Å². The first kappa shape index (κ1) is 22.2. The number of hydrazone groups is 1. The summed E-state index contributed by atoms with van der Waals surface area (Å²) in [6, 6.07) is 4.76. The van der Waals surface area contributed by atoms with E-state index in [0.29, 0.717) is 12.2 Å². The molecule has 3 unspecified atom stereocenters. The summed E-state index contributed by atoms with van der Waals surface area (Å²) in [7, 11) is 0. The second kappa shape index (κ2) is 8.69. The van der Waals surface area contributed by atoms with Gasteiger partial charge >= 0.3 is 0 Å². The molecule has 1 fully saturated rings. The molecule has 9 heteroatoms. The predicted octanol–water partition coefficient (Wildman–Crippen LogP) is 1.25. The average molecular weight is 420 g/mol. The molecule has 0 radical (unpaired) electrons. The topological polar surface area (TPSA) is 100 Å². The number of nitrogens with zero attached hydrogens (tertiary/aromatic N) is 3. The minimum Gasteiger partial charge on any atom is -0.373 e. The molecule has 2 aliphatic heterocycles. The largest absolute Gasteiger partial charge is 0.373 e. The summed E-state index contributed by atoms with van der Waals surface area (Å²) in [6.45, 7) is 10.2. The normalized spacial score (nSPS) is 25.2. The molecule has 3 rings (SSSR count). The molecule has 3 N–H and O–H groups in total. The van der Waals surface area contributed by atoms with Crippen molar-refractivity contribution in [3.8, 4) is 0 Å². The molecule has 0 aromatic heterocycles. The minimum atomic E-state index is -0.787. The Morgan fingerprint density at radius 1 is 1.23 bits per heavy atom. The predicted molar refractivity (Wildman–Crippen MR) is 113 cm³/mol. The van der Waals surface area contributed by atoms with Crippen LogP contribution in [0, 0.1) is 5.82 Å². The number of halogens is 1. The van der Waals surface area contributed by atoms with Gasteiger partial charge in [-0.3, -0.25) is 19.5 Å². The Labute approximate surface area is 176 Å². The number of rotatable bonds is 6. The number of benzene rings is 1. The third-order valence-corrected chi connectivity index (χ3v) is 5.55. The van der Waals surface area contributed by atoms with E-state index in [1.165, 1.54) is 29.3 Å². The van der Waals surface area contributed by atoms with Gasteiger partial charge in [-0.2, -0.15) is 5.10 Å². The lowest BCUT2D eigenvalue weighted by Gasteiger charge is -2.45. The summed E-state index contributed by atoms with van der Waals surface area (Å²) in [5.74, 6) is -1.33. The van der Waals surface area contributed by atoms with Crippen LogP contribution in [0.4, 0.5) is 10.1 Å². The number of ether oxygens (including phenoxy) is 1. The summed E-state index contributed by atoms with van der Waals surface area (Å²) in [4.78, 5) is 27.0. The van der Waals surface area contributed by atoms with Crippen LogP contribution in [0.2, 0.25) is 0 Å². The molecule has 8 nitrogen and oxygen atoms in total. The highest BCUT2D eigenvalue weighted by Gasteiger charge is 2.37. The van der Waals surface area contributed by atoms with E-state index in [1.54, 1.807) is 0 Å². The lowest BCUT2D eigenvalue weighted by molar-refractivity contribution is -0.119. The number of nitrogens with two attached hydrogens (primary N) is 1. The van der Waals surface area contributed by atoms with E-state index in [9.17, 15) is 14.0 Å². The van der Waals surface area contributed by atoms with E-state index in [4.69, 9.17) is 10.5 Å².